The average molecular weight is 349 g/mol. The summed E-state index contributed by atoms with van der Waals surface area (Å²) in [6.45, 7) is 2.20. The quantitative estimate of drug-likeness (QED) is 0.755. The van der Waals surface area contributed by atoms with E-state index in [0.29, 0.717) is 17.3 Å². The van der Waals surface area contributed by atoms with E-state index in [9.17, 15) is 9.59 Å². The highest BCUT2D eigenvalue weighted by Gasteiger charge is 2.23. The maximum Gasteiger partial charge on any atom is 0.404 e. The zero-order valence-corrected chi connectivity index (χ0v) is 13.9. The number of carbonyl (C=O) groups is 2. The molecule has 1 aliphatic heterocycles. The second-order valence-corrected chi connectivity index (χ2v) is 6.89. The molecule has 4 N–H and O–H groups in total. The fourth-order valence-corrected chi connectivity index (χ4v) is 3.99. The van der Waals surface area contributed by atoms with Crippen molar-refractivity contribution >= 4 is 39.4 Å². The highest BCUT2D eigenvalue weighted by atomic mass is 32.1. The van der Waals surface area contributed by atoms with Gasteiger partial charge >= 0.3 is 6.09 Å². The second-order valence-electron chi connectivity index (χ2n) is 5.84. The summed E-state index contributed by atoms with van der Waals surface area (Å²) >= 11 is 1.33. The molecule has 1 saturated heterocycles. The van der Waals surface area contributed by atoms with Crippen molar-refractivity contribution in [2.45, 2.75) is 19.3 Å². The second kappa shape index (κ2) is 7.00. The first-order valence-electron chi connectivity index (χ1n) is 7.80. The monoisotopic (exact) mass is 349 g/mol. The Morgan fingerprint density at radius 1 is 1.38 bits per heavy atom. The van der Waals surface area contributed by atoms with Crippen molar-refractivity contribution in [3.8, 4) is 0 Å². The molecule has 8 nitrogen and oxygen atoms in total. The Hall–Kier alpha value is -2.42. The van der Waals surface area contributed by atoms with Crippen LogP contribution in [0.4, 0.5) is 10.6 Å². The summed E-state index contributed by atoms with van der Waals surface area (Å²) < 4.78 is 0.886. The minimum absolute atomic E-state index is 0.450. The fourth-order valence-electron chi connectivity index (χ4n) is 3.01. The third-order valence-electron chi connectivity index (χ3n) is 4.28. The van der Waals surface area contributed by atoms with Gasteiger partial charge in [-0.2, -0.15) is 0 Å². The van der Waals surface area contributed by atoms with Crippen molar-refractivity contribution in [3.63, 3.8) is 0 Å². The Morgan fingerprint density at radius 3 is 2.79 bits per heavy atom. The van der Waals surface area contributed by atoms with E-state index in [1.165, 1.54) is 17.7 Å². The largest absolute Gasteiger partial charge is 0.465 e. The lowest BCUT2D eigenvalue weighted by atomic mass is 9.93. The number of anilines is 1. The third-order valence-corrected chi connectivity index (χ3v) is 5.41. The van der Waals surface area contributed by atoms with Crippen LogP contribution >= 0.6 is 11.3 Å². The number of primary amides is 1. The fraction of sp³-hybridized carbons (Fsp3) is 0.467. The maximum absolute atomic E-state index is 11.4. The van der Waals surface area contributed by atoms with E-state index >= 15 is 0 Å². The average Bonchev–Trinajstić information content (AvgIpc) is 3.00. The van der Waals surface area contributed by atoms with Gasteiger partial charge in [-0.25, -0.2) is 14.8 Å². The molecule has 24 heavy (non-hydrogen) atoms. The third kappa shape index (κ3) is 3.56. The van der Waals surface area contributed by atoms with Gasteiger partial charge in [-0.3, -0.25) is 4.79 Å². The Labute approximate surface area is 142 Å². The van der Waals surface area contributed by atoms with Crippen LogP contribution < -0.4 is 16.0 Å². The van der Waals surface area contributed by atoms with Crippen LogP contribution in [0.1, 0.15) is 28.9 Å². The molecule has 2 amide bonds. The molecular formula is C15H19N5O3S. The summed E-state index contributed by atoms with van der Waals surface area (Å²) in [7, 11) is 0. The maximum atomic E-state index is 11.4. The molecule has 1 fully saturated rings. The zero-order chi connectivity index (χ0) is 17.1. The summed E-state index contributed by atoms with van der Waals surface area (Å²) in [6, 6.07) is 1.71. The molecule has 0 aliphatic carbocycles. The first-order valence-corrected chi connectivity index (χ1v) is 8.62. The van der Waals surface area contributed by atoms with Crippen molar-refractivity contribution in [2.75, 3.05) is 24.5 Å². The Kier molecular flexibility index (Phi) is 4.79. The van der Waals surface area contributed by atoms with Crippen molar-refractivity contribution in [2.24, 2.45) is 11.7 Å². The standard InChI is InChI=1S/C15H19N5O3S/c16-13(21)11-7-10-12(24-11)14(19-8-18-10)20-5-2-9(3-6-20)1-4-17-15(22)23/h7-9,17H,1-6H2,(H2,16,21)(H,22,23). The van der Waals surface area contributed by atoms with Crippen molar-refractivity contribution < 1.29 is 14.7 Å². The van der Waals surface area contributed by atoms with Gasteiger partial charge in [-0.15, -0.1) is 11.3 Å². The molecule has 0 unspecified atom stereocenters. The lowest BCUT2D eigenvalue weighted by Gasteiger charge is -2.32. The molecule has 0 spiro atoms. The summed E-state index contributed by atoms with van der Waals surface area (Å²) in [5, 5.41) is 11.0. The Morgan fingerprint density at radius 2 is 2.12 bits per heavy atom. The molecule has 0 radical (unpaired) electrons. The van der Waals surface area contributed by atoms with Crippen LogP contribution in [0, 0.1) is 5.92 Å². The minimum atomic E-state index is -0.973. The number of piperidine rings is 1. The molecule has 0 aromatic carbocycles. The molecule has 0 atom stereocenters. The van der Waals surface area contributed by atoms with Gasteiger partial charge in [0.2, 0.25) is 0 Å². The van der Waals surface area contributed by atoms with Crippen LogP contribution in [-0.4, -0.2) is 46.7 Å². The molecule has 9 heteroatoms. The number of aromatic nitrogens is 2. The molecule has 2 aromatic heterocycles. The van der Waals surface area contributed by atoms with Crippen molar-refractivity contribution in [3.05, 3.63) is 17.3 Å². The molecule has 0 bridgehead atoms. The number of hydrogen-bond acceptors (Lipinski definition) is 6. The highest BCUT2D eigenvalue weighted by Crippen LogP contribution is 2.33. The topological polar surface area (TPSA) is 121 Å². The van der Waals surface area contributed by atoms with Gasteiger partial charge in [0, 0.05) is 19.6 Å². The highest BCUT2D eigenvalue weighted by molar-refractivity contribution is 7.21. The number of thiophene rings is 1. The summed E-state index contributed by atoms with van der Waals surface area (Å²) in [4.78, 5) is 33.2. The van der Waals surface area contributed by atoms with Crippen LogP contribution in [0.5, 0.6) is 0 Å². The predicted octanol–water partition coefficient (Wildman–Crippen LogP) is 1.66. The van der Waals surface area contributed by atoms with Gasteiger partial charge in [-0.1, -0.05) is 0 Å². The van der Waals surface area contributed by atoms with E-state index < -0.39 is 12.0 Å². The number of carboxylic acid groups (broad SMARTS) is 1. The van der Waals surface area contributed by atoms with E-state index in [0.717, 1.165) is 48.4 Å². The van der Waals surface area contributed by atoms with Gasteiger partial charge in [-0.05, 0) is 31.2 Å². The minimum Gasteiger partial charge on any atom is -0.465 e. The Bertz CT molecular complexity index is 755. The Balaban J connectivity index is 1.67. The first kappa shape index (κ1) is 16.4. The predicted molar refractivity (Wildman–Crippen MR) is 91.5 cm³/mol. The molecule has 1 aliphatic rings. The van der Waals surface area contributed by atoms with E-state index in [1.807, 2.05) is 0 Å². The number of nitrogens with one attached hydrogen (secondary N) is 1. The van der Waals surface area contributed by atoms with Gasteiger partial charge in [0.25, 0.3) is 5.91 Å². The number of fused-ring (bicyclic) bond motifs is 1. The summed E-state index contributed by atoms with van der Waals surface area (Å²) in [5.74, 6) is 0.906. The number of carbonyl (C=O) groups excluding carboxylic acids is 1. The SMILES string of the molecule is NC(=O)c1cc2ncnc(N3CCC(CCNC(=O)O)CC3)c2s1. The molecule has 2 aromatic rings. The number of rotatable bonds is 5. The lowest BCUT2D eigenvalue weighted by molar-refractivity contribution is 0.100. The van der Waals surface area contributed by atoms with E-state index in [2.05, 4.69) is 20.2 Å². The van der Waals surface area contributed by atoms with Crippen LogP contribution in [-0.2, 0) is 0 Å². The number of amides is 2. The summed E-state index contributed by atoms with van der Waals surface area (Å²) in [6.07, 6.45) is 3.36. The molecule has 3 heterocycles. The van der Waals surface area contributed by atoms with Gasteiger partial charge < -0.3 is 21.1 Å². The molecular weight excluding hydrogens is 330 g/mol. The molecule has 3 rings (SSSR count). The van der Waals surface area contributed by atoms with Gasteiger partial charge in [0.15, 0.2) is 0 Å². The normalized spacial score (nSPS) is 15.6. The smallest absolute Gasteiger partial charge is 0.404 e. The number of nitrogens with zero attached hydrogens (tertiary/aromatic N) is 3. The van der Waals surface area contributed by atoms with Crippen LogP contribution in [0.25, 0.3) is 10.2 Å². The van der Waals surface area contributed by atoms with Crippen molar-refractivity contribution in [1.82, 2.24) is 15.3 Å². The van der Waals surface area contributed by atoms with Gasteiger partial charge in [0.1, 0.15) is 12.1 Å². The van der Waals surface area contributed by atoms with E-state index in [-0.39, 0.29) is 0 Å². The summed E-state index contributed by atoms with van der Waals surface area (Å²) in [5.41, 5.74) is 6.10. The number of nitrogens with two attached hydrogens (primary N) is 1. The number of hydrogen-bond donors (Lipinski definition) is 3. The van der Waals surface area contributed by atoms with Crippen LogP contribution in [0.3, 0.4) is 0 Å². The lowest BCUT2D eigenvalue weighted by Crippen LogP contribution is -2.35. The first-order chi connectivity index (χ1) is 11.5. The van der Waals surface area contributed by atoms with Crippen LogP contribution in [0.15, 0.2) is 12.4 Å². The van der Waals surface area contributed by atoms with E-state index in [4.69, 9.17) is 10.8 Å². The van der Waals surface area contributed by atoms with Crippen LogP contribution in [0.2, 0.25) is 0 Å². The molecule has 128 valence electrons. The van der Waals surface area contributed by atoms with Crippen molar-refractivity contribution in [1.29, 1.82) is 0 Å². The zero-order valence-electron chi connectivity index (χ0n) is 13.1. The van der Waals surface area contributed by atoms with Gasteiger partial charge in [0.05, 0.1) is 15.1 Å². The van der Waals surface area contributed by atoms with E-state index in [1.54, 1.807) is 6.07 Å². The molecule has 0 saturated carbocycles.